The van der Waals surface area contributed by atoms with Crippen LogP contribution in [0.4, 0.5) is 15.9 Å². The third-order valence-corrected chi connectivity index (χ3v) is 7.01. The highest BCUT2D eigenvalue weighted by molar-refractivity contribution is 6.31. The van der Waals surface area contributed by atoms with Gasteiger partial charge in [0.15, 0.2) is 17.3 Å². The number of benzene rings is 2. The second-order valence-electron chi connectivity index (χ2n) is 8.76. The van der Waals surface area contributed by atoms with Crippen LogP contribution < -0.4 is 14.8 Å². The molecule has 2 heterocycles. The van der Waals surface area contributed by atoms with E-state index < -0.39 is 5.82 Å². The number of hydrogen-bond acceptors (Lipinski definition) is 6. The number of hydrogen-bond donors (Lipinski definition) is 1. The van der Waals surface area contributed by atoms with Crippen molar-refractivity contribution < 1.29 is 13.9 Å². The smallest absolute Gasteiger partial charge is 0.165 e. The lowest BCUT2D eigenvalue weighted by Crippen LogP contribution is -2.38. The molecule has 8 heteroatoms. The molecule has 1 aliphatic heterocycles. The maximum Gasteiger partial charge on any atom is 0.165 e. The Morgan fingerprint density at radius 1 is 1.06 bits per heavy atom. The van der Waals surface area contributed by atoms with Crippen LogP contribution in [0, 0.1) is 5.82 Å². The first-order valence-corrected chi connectivity index (χ1v) is 11.9. The van der Waals surface area contributed by atoms with Crippen molar-refractivity contribution in [2.75, 3.05) is 25.5 Å². The maximum atomic E-state index is 14.5. The predicted molar refractivity (Wildman–Crippen MR) is 128 cm³/mol. The standard InChI is InChI=1S/C25H28ClFN4O2/c1-32-22-14-21-18(25(29-15-28-21)30-20-6-4-5-19(26)24(20)27)13-23(22)33-17-9-7-16(8-10-17)31-11-2-3-12-31/h4-6,13-17H,2-3,7-12H2,1H3,(H,28,29,30)/t16-,17+. The lowest BCUT2D eigenvalue weighted by molar-refractivity contribution is 0.0978. The van der Waals surface area contributed by atoms with Gasteiger partial charge in [-0.15, -0.1) is 0 Å². The van der Waals surface area contributed by atoms with Gasteiger partial charge in [-0.2, -0.15) is 0 Å². The Balaban J connectivity index is 1.38. The zero-order valence-corrected chi connectivity index (χ0v) is 19.4. The van der Waals surface area contributed by atoms with E-state index in [0.29, 0.717) is 28.9 Å². The molecule has 3 aromatic rings. The Morgan fingerprint density at radius 3 is 2.61 bits per heavy atom. The van der Waals surface area contributed by atoms with E-state index >= 15 is 0 Å². The normalized spacial score (nSPS) is 21.3. The first-order valence-electron chi connectivity index (χ1n) is 11.6. The van der Waals surface area contributed by atoms with Crippen LogP contribution in [0.5, 0.6) is 11.5 Å². The van der Waals surface area contributed by atoms with E-state index in [0.717, 1.165) is 31.1 Å². The Hall–Kier alpha value is -2.64. The van der Waals surface area contributed by atoms with Crippen molar-refractivity contribution in [2.24, 2.45) is 0 Å². The van der Waals surface area contributed by atoms with E-state index in [2.05, 4.69) is 20.2 Å². The van der Waals surface area contributed by atoms with E-state index in [1.807, 2.05) is 12.1 Å². The summed E-state index contributed by atoms with van der Waals surface area (Å²) in [6, 6.07) is 9.22. The summed E-state index contributed by atoms with van der Waals surface area (Å²) in [5, 5.41) is 3.82. The molecule has 2 aromatic carbocycles. The van der Waals surface area contributed by atoms with Crippen LogP contribution in [-0.2, 0) is 0 Å². The molecule has 1 aliphatic carbocycles. The summed E-state index contributed by atoms with van der Waals surface area (Å²) in [5.74, 6) is 1.24. The van der Waals surface area contributed by atoms with Crippen LogP contribution in [0.3, 0.4) is 0 Å². The topological polar surface area (TPSA) is 59.5 Å². The molecule has 5 rings (SSSR count). The molecule has 0 amide bonds. The molecule has 0 radical (unpaired) electrons. The number of nitrogens with zero attached hydrogens (tertiary/aromatic N) is 3. The van der Waals surface area contributed by atoms with Gasteiger partial charge < -0.3 is 19.7 Å². The first kappa shape index (κ1) is 22.2. The molecular weight excluding hydrogens is 443 g/mol. The highest BCUT2D eigenvalue weighted by Crippen LogP contribution is 2.38. The molecule has 1 saturated carbocycles. The van der Waals surface area contributed by atoms with E-state index in [4.69, 9.17) is 21.1 Å². The van der Waals surface area contributed by atoms with E-state index in [1.165, 1.54) is 38.3 Å². The maximum absolute atomic E-state index is 14.5. The molecule has 6 nitrogen and oxygen atoms in total. The largest absolute Gasteiger partial charge is 0.493 e. The van der Waals surface area contributed by atoms with Gasteiger partial charge in [0.1, 0.15) is 12.1 Å². The van der Waals surface area contributed by atoms with E-state index in [1.54, 1.807) is 19.2 Å². The summed E-state index contributed by atoms with van der Waals surface area (Å²) in [5.41, 5.74) is 0.929. The average molecular weight is 471 g/mol. The van der Waals surface area contributed by atoms with Gasteiger partial charge in [0, 0.05) is 17.5 Å². The van der Waals surface area contributed by atoms with Crippen LogP contribution in [0.15, 0.2) is 36.7 Å². The Kier molecular flexibility index (Phi) is 6.51. The molecule has 0 spiro atoms. The lowest BCUT2D eigenvalue weighted by atomic mass is 9.92. The van der Waals surface area contributed by atoms with E-state index in [-0.39, 0.29) is 16.8 Å². The number of halogens is 2. The molecule has 0 bridgehead atoms. The zero-order valence-electron chi connectivity index (χ0n) is 18.7. The Bertz CT molecular complexity index is 1130. The second kappa shape index (κ2) is 9.69. The fourth-order valence-corrected chi connectivity index (χ4v) is 5.13. The number of ether oxygens (including phenoxy) is 2. The molecule has 33 heavy (non-hydrogen) atoms. The number of anilines is 2. The Labute approximate surface area is 198 Å². The minimum Gasteiger partial charge on any atom is -0.493 e. The molecule has 1 N–H and O–H groups in total. The second-order valence-corrected chi connectivity index (χ2v) is 9.17. The van der Waals surface area contributed by atoms with Crippen molar-refractivity contribution in [2.45, 2.75) is 50.7 Å². The Morgan fingerprint density at radius 2 is 1.85 bits per heavy atom. The van der Waals surface area contributed by atoms with Crippen LogP contribution in [0.2, 0.25) is 5.02 Å². The van der Waals surface area contributed by atoms with Gasteiger partial charge in [0.05, 0.1) is 29.4 Å². The highest BCUT2D eigenvalue weighted by Gasteiger charge is 2.29. The van der Waals surface area contributed by atoms with Gasteiger partial charge in [0.2, 0.25) is 0 Å². The third kappa shape index (κ3) is 4.70. The minimum atomic E-state index is -0.523. The van der Waals surface area contributed by atoms with Gasteiger partial charge in [-0.3, -0.25) is 0 Å². The van der Waals surface area contributed by atoms with Crippen LogP contribution in [-0.4, -0.2) is 47.2 Å². The van der Waals surface area contributed by atoms with Crippen molar-refractivity contribution in [3.8, 4) is 11.5 Å². The monoisotopic (exact) mass is 470 g/mol. The van der Waals surface area contributed by atoms with Gasteiger partial charge in [-0.25, -0.2) is 14.4 Å². The summed E-state index contributed by atoms with van der Waals surface area (Å²) in [6.45, 7) is 2.47. The van der Waals surface area contributed by atoms with Gasteiger partial charge >= 0.3 is 0 Å². The number of fused-ring (bicyclic) bond motifs is 1. The summed E-state index contributed by atoms with van der Waals surface area (Å²) in [4.78, 5) is 11.3. The van der Waals surface area contributed by atoms with Crippen LogP contribution in [0.25, 0.3) is 10.9 Å². The predicted octanol–water partition coefficient (Wildman–Crippen LogP) is 5.96. The van der Waals surface area contributed by atoms with Crippen molar-refractivity contribution in [3.63, 3.8) is 0 Å². The SMILES string of the molecule is COc1cc2ncnc(Nc3cccc(Cl)c3F)c2cc1O[C@H]1CC[C@@H](N2CCCC2)CC1. The van der Waals surface area contributed by atoms with Crippen LogP contribution >= 0.6 is 11.6 Å². The van der Waals surface area contributed by atoms with Crippen molar-refractivity contribution >= 4 is 34.0 Å². The van der Waals surface area contributed by atoms with Crippen molar-refractivity contribution in [1.29, 1.82) is 0 Å². The van der Waals surface area contributed by atoms with E-state index in [9.17, 15) is 4.39 Å². The van der Waals surface area contributed by atoms with Gasteiger partial charge in [0.25, 0.3) is 0 Å². The highest BCUT2D eigenvalue weighted by atomic mass is 35.5. The minimum absolute atomic E-state index is 0.0496. The summed E-state index contributed by atoms with van der Waals surface area (Å²) in [6.07, 6.45) is 8.58. The summed E-state index contributed by atoms with van der Waals surface area (Å²) in [7, 11) is 1.62. The molecule has 1 saturated heterocycles. The van der Waals surface area contributed by atoms with Gasteiger partial charge in [-0.1, -0.05) is 17.7 Å². The fraction of sp³-hybridized carbons (Fsp3) is 0.440. The lowest BCUT2D eigenvalue weighted by Gasteiger charge is -2.34. The average Bonchev–Trinajstić information content (AvgIpc) is 3.37. The molecule has 2 aliphatic rings. The van der Waals surface area contributed by atoms with Gasteiger partial charge in [-0.05, 0) is 69.8 Å². The molecular formula is C25H28ClFN4O2. The molecule has 1 aromatic heterocycles. The third-order valence-electron chi connectivity index (χ3n) is 6.72. The molecule has 0 unspecified atom stereocenters. The number of nitrogens with one attached hydrogen (secondary N) is 1. The summed E-state index contributed by atoms with van der Waals surface area (Å²) >= 11 is 5.94. The summed E-state index contributed by atoms with van der Waals surface area (Å²) < 4.78 is 26.5. The molecule has 0 atom stereocenters. The van der Waals surface area contributed by atoms with Crippen LogP contribution in [0.1, 0.15) is 38.5 Å². The number of methoxy groups -OCH3 is 1. The number of rotatable bonds is 6. The zero-order chi connectivity index (χ0) is 22.8. The van der Waals surface area contributed by atoms with Crippen molar-refractivity contribution in [3.05, 3.63) is 47.5 Å². The number of aromatic nitrogens is 2. The quantitative estimate of drug-likeness (QED) is 0.479. The first-order chi connectivity index (χ1) is 16.1. The molecule has 2 fully saturated rings. The van der Waals surface area contributed by atoms with Crippen molar-refractivity contribution in [1.82, 2.24) is 14.9 Å². The number of likely N-dealkylation sites (tertiary alicyclic amines) is 1. The fourth-order valence-electron chi connectivity index (χ4n) is 4.96. The molecule has 174 valence electrons.